The standard InChI is InChI=1S/C24H16Cl3F11N2O2/c1-10(19(41)39-9-21(28,29)30)40-20(42)13-4-2-11(6-15(13)23(33,34)35)3-5-14(22(31,32)24(36,37)38)12-7-16(25)18(27)17(26)8-12/h2-8,10,14H,9H2,1H3,(H,39,41)(H,40,42)/b5-3+/t10-,14?/m1/s1. The minimum Gasteiger partial charge on any atom is -0.345 e. The van der Waals surface area contributed by atoms with Crippen LogP contribution in [-0.4, -0.2) is 42.7 Å². The highest BCUT2D eigenvalue weighted by Crippen LogP contribution is 2.48. The molecule has 0 aromatic heterocycles. The van der Waals surface area contributed by atoms with Gasteiger partial charge in [0.15, 0.2) is 0 Å². The van der Waals surface area contributed by atoms with E-state index in [0.29, 0.717) is 24.3 Å². The molecule has 0 spiro atoms. The summed E-state index contributed by atoms with van der Waals surface area (Å²) in [6, 6.07) is 1.18. The number of amides is 2. The number of rotatable bonds is 8. The lowest BCUT2D eigenvalue weighted by atomic mass is 9.90. The number of nitrogens with one attached hydrogen (secondary N) is 2. The number of allylic oxidation sites excluding steroid dienone is 1. The summed E-state index contributed by atoms with van der Waals surface area (Å²) >= 11 is 17.2. The molecule has 0 fully saturated rings. The van der Waals surface area contributed by atoms with E-state index >= 15 is 0 Å². The first-order valence-electron chi connectivity index (χ1n) is 11.1. The van der Waals surface area contributed by atoms with Crippen molar-refractivity contribution in [3.8, 4) is 0 Å². The zero-order chi connectivity index (χ0) is 32.4. The van der Waals surface area contributed by atoms with Gasteiger partial charge in [0.2, 0.25) is 5.91 Å². The smallest absolute Gasteiger partial charge is 0.345 e. The molecule has 2 amide bonds. The zero-order valence-corrected chi connectivity index (χ0v) is 22.8. The van der Waals surface area contributed by atoms with E-state index in [2.05, 4.69) is 0 Å². The van der Waals surface area contributed by atoms with Crippen LogP contribution in [0.15, 0.2) is 36.4 Å². The molecule has 0 bridgehead atoms. The largest absolute Gasteiger partial charge is 0.454 e. The molecular formula is C24H16Cl3F11N2O2. The lowest BCUT2D eigenvalue weighted by Gasteiger charge is -2.27. The highest BCUT2D eigenvalue weighted by molar-refractivity contribution is 6.48. The fourth-order valence-electron chi connectivity index (χ4n) is 3.36. The Hall–Kier alpha value is -2.78. The number of carbonyl (C=O) groups is 2. The van der Waals surface area contributed by atoms with Crippen molar-refractivity contribution in [2.75, 3.05) is 6.54 Å². The highest BCUT2D eigenvalue weighted by atomic mass is 35.5. The van der Waals surface area contributed by atoms with Gasteiger partial charge in [-0.1, -0.05) is 53.0 Å². The molecule has 18 heteroatoms. The molecule has 2 aromatic carbocycles. The summed E-state index contributed by atoms with van der Waals surface area (Å²) in [5, 5.41) is 1.91. The Morgan fingerprint density at radius 2 is 1.43 bits per heavy atom. The molecule has 2 N–H and O–H groups in total. The molecule has 0 aliphatic rings. The monoisotopic (exact) mass is 678 g/mol. The van der Waals surface area contributed by atoms with Gasteiger partial charge in [0.1, 0.15) is 12.6 Å². The second-order valence-electron chi connectivity index (χ2n) is 8.59. The molecular weight excluding hydrogens is 664 g/mol. The first kappa shape index (κ1) is 35.4. The van der Waals surface area contributed by atoms with Crippen molar-refractivity contribution in [3.63, 3.8) is 0 Å². The molecule has 2 aromatic rings. The van der Waals surface area contributed by atoms with E-state index in [0.717, 1.165) is 13.0 Å². The normalized spacial score (nSPS) is 14.5. The Morgan fingerprint density at radius 3 is 1.90 bits per heavy atom. The van der Waals surface area contributed by atoms with Gasteiger partial charge in [0.25, 0.3) is 5.91 Å². The van der Waals surface area contributed by atoms with Crippen molar-refractivity contribution in [1.82, 2.24) is 10.6 Å². The third-order valence-electron chi connectivity index (χ3n) is 5.41. The van der Waals surface area contributed by atoms with Gasteiger partial charge in [-0.25, -0.2) is 0 Å². The Kier molecular flexibility index (Phi) is 10.8. The quantitative estimate of drug-likeness (QED) is 0.217. The highest BCUT2D eigenvalue weighted by Gasteiger charge is 2.62. The summed E-state index contributed by atoms with van der Waals surface area (Å²) in [5.41, 5.74) is -4.17. The summed E-state index contributed by atoms with van der Waals surface area (Å²) in [6.45, 7) is -0.881. The van der Waals surface area contributed by atoms with Crippen LogP contribution in [0.1, 0.15) is 39.9 Å². The molecule has 0 aliphatic carbocycles. The summed E-state index contributed by atoms with van der Waals surface area (Å²) < 4.78 is 147. The van der Waals surface area contributed by atoms with Gasteiger partial charge in [-0.3, -0.25) is 9.59 Å². The lowest BCUT2D eigenvalue weighted by molar-refractivity contribution is -0.286. The minimum atomic E-state index is -6.12. The van der Waals surface area contributed by atoms with Crippen LogP contribution in [0.25, 0.3) is 6.08 Å². The minimum absolute atomic E-state index is 0.254. The van der Waals surface area contributed by atoms with E-state index in [1.807, 2.05) is 0 Å². The first-order valence-corrected chi connectivity index (χ1v) is 12.2. The predicted molar refractivity (Wildman–Crippen MR) is 132 cm³/mol. The Morgan fingerprint density at radius 1 is 0.881 bits per heavy atom. The molecule has 232 valence electrons. The van der Waals surface area contributed by atoms with Crippen molar-refractivity contribution in [2.45, 2.75) is 43.3 Å². The predicted octanol–water partition coefficient (Wildman–Crippen LogP) is 8.46. The molecule has 42 heavy (non-hydrogen) atoms. The van der Waals surface area contributed by atoms with E-state index in [9.17, 15) is 57.9 Å². The molecule has 0 radical (unpaired) electrons. The molecule has 0 saturated carbocycles. The summed E-state index contributed by atoms with van der Waals surface area (Å²) in [5.74, 6) is -11.2. The van der Waals surface area contributed by atoms with Gasteiger partial charge in [0.05, 0.1) is 32.1 Å². The Labute approximate surface area is 244 Å². The van der Waals surface area contributed by atoms with Crippen molar-refractivity contribution in [1.29, 1.82) is 0 Å². The first-order chi connectivity index (χ1) is 19.0. The fraction of sp³-hybridized carbons (Fsp3) is 0.333. The van der Waals surface area contributed by atoms with Crippen LogP contribution in [0.5, 0.6) is 0 Å². The van der Waals surface area contributed by atoms with Gasteiger partial charge in [-0.15, -0.1) is 0 Å². The van der Waals surface area contributed by atoms with Gasteiger partial charge >= 0.3 is 24.5 Å². The van der Waals surface area contributed by atoms with Crippen molar-refractivity contribution in [3.05, 3.63) is 73.7 Å². The molecule has 0 saturated heterocycles. The van der Waals surface area contributed by atoms with Crippen LogP contribution >= 0.6 is 34.8 Å². The van der Waals surface area contributed by atoms with Crippen molar-refractivity contribution >= 4 is 52.7 Å². The molecule has 1 unspecified atom stereocenters. The Balaban J connectivity index is 2.48. The number of alkyl halides is 11. The third kappa shape index (κ3) is 8.86. The van der Waals surface area contributed by atoms with E-state index in [1.54, 1.807) is 5.32 Å². The van der Waals surface area contributed by atoms with Gasteiger partial charge in [0, 0.05) is 0 Å². The number of carbonyl (C=O) groups excluding carboxylic acids is 2. The summed E-state index contributed by atoms with van der Waals surface area (Å²) in [6.07, 6.45) is -15.5. The molecule has 4 nitrogen and oxygen atoms in total. The topological polar surface area (TPSA) is 58.2 Å². The van der Waals surface area contributed by atoms with Crippen LogP contribution in [0.4, 0.5) is 48.3 Å². The van der Waals surface area contributed by atoms with Crippen LogP contribution in [0.3, 0.4) is 0 Å². The fourth-order valence-corrected chi connectivity index (χ4v) is 3.97. The van der Waals surface area contributed by atoms with Crippen LogP contribution in [0, 0.1) is 0 Å². The van der Waals surface area contributed by atoms with E-state index in [-0.39, 0.29) is 17.2 Å². The second kappa shape index (κ2) is 12.8. The molecule has 2 atom stereocenters. The summed E-state index contributed by atoms with van der Waals surface area (Å²) in [7, 11) is 0. The number of benzene rings is 2. The Bertz CT molecular complexity index is 1330. The number of hydrogen-bond donors (Lipinski definition) is 2. The number of halogens is 14. The average molecular weight is 680 g/mol. The van der Waals surface area contributed by atoms with E-state index in [1.165, 1.54) is 5.32 Å². The maximum absolute atomic E-state index is 14.5. The maximum atomic E-state index is 14.5. The summed E-state index contributed by atoms with van der Waals surface area (Å²) in [4.78, 5) is 24.2. The number of hydrogen-bond acceptors (Lipinski definition) is 2. The van der Waals surface area contributed by atoms with Crippen LogP contribution in [0.2, 0.25) is 15.1 Å². The van der Waals surface area contributed by atoms with E-state index < -0.39 is 87.1 Å². The van der Waals surface area contributed by atoms with E-state index in [4.69, 9.17) is 34.8 Å². The second-order valence-corrected chi connectivity index (χ2v) is 9.78. The molecule has 2 rings (SSSR count). The van der Waals surface area contributed by atoms with Gasteiger partial charge < -0.3 is 10.6 Å². The zero-order valence-electron chi connectivity index (χ0n) is 20.5. The van der Waals surface area contributed by atoms with Crippen LogP contribution < -0.4 is 10.6 Å². The average Bonchev–Trinajstić information content (AvgIpc) is 2.83. The van der Waals surface area contributed by atoms with Crippen molar-refractivity contribution < 1.29 is 57.9 Å². The third-order valence-corrected chi connectivity index (χ3v) is 6.61. The van der Waals surface area contributed by atoms with Crippen LogP contribution in [-0.2, 0) is 11.0 Å². The van der Waals surface area contributed by atoms with Crippen molar-refractivity contribution in [2.24, 2.45) is 0 Å². The molecule has 0 aliphatic heterocycles. The maximum Gasteiger partial charge on any atom is 0.454 e. The molecule has 0 heterocycles. The van der Waals surface area contributed by atoms with Gasteiger partial charge in [-0.2, -0.15) is 48.3 Å². The lowest BCUT2D eigenvalue weighted by Crippen LogP contribution is -2.47. The van der Waals surface area contributed by atoms with Gasteiger partial charge in [-0.05, 0) is 42.3 Å². The SMILES string of the molecule is C[C@@H](NC(=O)c1ccc(/C=C/C(c2cc(Cl)c(Cl)c(Cl)c2)C(F)(F)C(F)(F)F)cc1C(F)(F)F)C(=O)NCC(F)(F)F.